The van der Waals surface area contributed by atoms with E-state index in [0.717, 1.165) is 31.6 Å². The fourth-order valence-electron chi connectivity index (χ4n) is 3.68. The van der Waals surface area contributed by atoms with Crippen molar-refractivity contribution in [1.29, 1.82) is 0 Å². The Kier molecular flexibility index (Phi) is 6.40. The standard InChI is InChI=1S/C22H29N3O/c1-24(2)22(26)12-9-18-5-4-14-25(16-18)17-19-7-10-20(11-8-19)21-6-3-13-23-15-21/h3,6-8,10-11,13,15,18H,4-5,9,12,14,16-17H2,1-2H3. The predicted molar refractivity (Wildman–Crippen MR) is 106 cm³/mol. The van der Waals surface area contributed by atoms with Crippen LogP contribution in [0.15, 0.2) is 48.8 Å². The van der Waals surface area contributed by atoms with Gasteiger partial charge >= 0.3 is 0 Å². The third-order valence-electron chi connectivity index (χ3n) is 5.22. The number of likely N-dealkylation sites (tertiary alicyclic amines) is 1. The van der Waals surface area contributed by atoms with Gasteiger partial charge in [-0.3, -0.25) is 14.7 Å². The van der Waals surface area contributed by atoms with Crippen LogP contribution in [0.1, 0.15) is 31.2 Å². The van der Waals surface area contributed by atoms with E-state index in [1.54, 1.807) is 11.1 Å². The van der Waals surface area contributed by atoms with Crippen molar-refractivity contribution in [3.05, 3.63) is 54.4 Å². The Balaban J connectivity index is 1.53. The normalized spacial score (nSPS) is 17.8. The molecule has 0 saturated carbocycles. The minimum Gasteiger partial charge on any atom is -0.349 e. The maximum Gasteiger partial charge on any atom is 0.222 e. The summed E-state index contributed by atoms with van der Waals surface area (Å²) < 4.78 is 0. The van der Waals surface area contributed by atoms with Gasteiger partial charge in [0.25, 0.3) is 0 Å². The molecule has 1 amide bonds. The van der Waals surface area contributed by atoms with E-state index in [1.807, 2.05) is 26.4 Å². The van der Waals surface area contributed by atoms with Crippen LogP contribution in [0.25, 0.3) is 11.1 Å². The lowest BCUT2D eigenvalue weighted by atomic mass is 9.93. The van der Waals surface area contributed by atoms with Crippen molar-refractivity contribution in [2.45, 2.75) is 32.2 Å². The molecule has 2 heterocycles. The Morgan fingerprint density at radius 1 is 1.19 bits per heavy atom. The van der Waals surface area contributed by atoms with Gasteiger partial charge < -0.3 is 4.90 Å². The molecule has 1 unspecified atom stereocenters. The van der Waals surface area contributed by atoms with Crippen LogP contribution in [0, 0.1) is 5.92 Å². The lowest BCUT2D eigenvalue weighted by molar-refractivity contribution is -0.129. The van der Waals surface area contributed by atoms with Crippen LogP contribution in [0.3, 0.4) is 0 Å². The highest BCUT2D eigenvalue weighted by molar-refractivity contribution is 5.75. The number of hydrogen-bond acceptors (Lipinski definition) is 3. The zero-order chi connectivity index (χ0) is 18.4. The summed E-state index contributed by atoms with van der Waals surface area (Å²) in [6.45, 7) is 3.25. The van der Waals surface area contributed by atoms with Crippen LogP contribution in [0.4, 0.5) is 0 Å². The zero-order valence-corrected chi connectivity index (χ0v) is 15.9. The number of piperidine rings is 1. The Bertz CT molecular complexity index is 697. The average molecular weight is 351 g/mol. The van der Waals surface area contributed by atoms with Crippen molar-refractivity contribution in [2.75, 3.05) is 27.2 Å². The second kappa shape index (κ2) is 8.95. The van der Waals surface area contributed by atoms with Crippen LogP contribution in [0.5, 0.6) is 0 Å². The molecule has 1 saturated heterocycles. The first-order valence-corrected chi connectivity index (χ1v) is 9.53. The molecular formula is C22H29N3O. The minimum atomic E-state index is 0.244. The molecule has 4 heteroatoms. The molecule has 0 spiro atoms. The fourth-order valence-corrected chi connectivity index (χ4v) is 3.68. The summed E-state index contributed by atoms with van der Waals surface area (Å²) in [7, 11) is 3.68. The summed E-state index contributed by atoms with van der Waals surface area (Å²) in [4.78, 5) is 20.2. The van der Waals surface area contributed by atoms with Gasteiger partial charge in [-0.05, 0) is 54.5 Å². The number of carbonyl (C=O) groups excluding carboxylic acids is 1. The number of rotatable bonds is 6. The second-order valence-corrected chi connectivity index (χ2v) is 7.51. The quantitative estimate of drug-likeness (QED) is 0.794. The Morgan fingerprint density at radius 3 is 2.69 bits per heavy atom. The van der Waals surface area contributed by atoms with Gasteiger partial charge in [0.05, 0.1) is 0 Å². The van der Waals surface area contributed by atoms with E-state index >= 15 is 0 Å². The first-order chi connectivity index (χ1) is 12.6. The number of nitrogens with zero attached hydrogens (tertiary/aromatic N) is 3. The van der Waals surface area contributed by atoms with E-state index in [9.17, 15) is 4.79 Å². The van der Waals surface area contributed by atoms with Gasteiger partial charge in [-0.15, -0.1) is 0 Å². The Morgan fingerprint density at radius 2 is 2.00 bits per heavy atom. The zero-order valence-electron chi connectivity index (χ0n) is 15.9. The maximum atomic E-state index is 11.8. The molecule has 0 bridgehead atoms. The molecule has 1 aliphatic rings. The number of pyridine rings is 1. The van der Waals surface area contributed by atoms with Crippen molar-refractivity contribution in [3.63, 3.8) is 0 Å². The Hall–Kier alpha value is -2.20. The average Bonchev–Trinajstić information content (AvgIpc) is 2.67. The molecular weight excluding hydrogens is 322 g/mol. The third-order valence-corrected chi connectivity index (χ3v) is 5.22. The molecule has 1 aromatic carbocycles. The second-order valence-electron chi connectivity index (χ2n) is 7.51. The van der Waals surface area contributed by atoms with Crippen molar-refractivity contribution in [2.24, 2.45) is 5.92 Å². The smallest absolute Gasteiger partial charge is 0.222 e. The van der Waals surface area contributed by atoms with Gasteiger partial charge in [-0.1, -0.05) is 30.3 Å². The third kappa shape index (κ3) is 5.15. The van der Waals surface area contributed by atoms with E-state index in [1.165, 1.54) is 24.0 Å². The van der Waals surface area contributed by atoms with Gasteiger partial charge in [0.1, 0.15) is 0 Å². The van der Waals surface area contributed by atoms with Crippen LogP contribution < -0.4 is 0 Å². The van der Waals surface area contributed by atoms with E-state index in [-0.39, 0.29) is 5.91 Å². The number of amides is 1. The lowest BCUT2D eigenvalue weighted by Crippen LogP contribution is -2.35. The molecule has 1 atom stereocenters. The van der Waals surface area contributed by atoms with Gasteiger partial charge in [-0.25, -0.2) is 0 Å². The van der Waals surface area contributed by atoms with E-state index in [4.69, 9.17) is 0 Å². The largest absolute Gasteiger partial charge is 0.349 e. The SMILES string of the molecule is CN(C)C(=O)CCC1CCCN(Cc2ccc(-c3cccnc3)cc2)C1. The molecule has 1 aromatic heterocycles. The van der Waals surface area contributed by atoms with Crippen LogP contribution in [-0.4, -0.2) is 47.9 Å². The van der Waals surface area contributed by atoms with Crippen molar-refractivity contribution >= 4 is 5.91 Å². The molecule has 0 aliphatic carbocycles. The molecule has 2 aromatic rings. The molecule has 0 radical (unpaired) electrons. The van der Waals surface area contributed by atoms with Crippen LogP contribution in [-0.2, 0) is 11.3 Å². The maximum absolute atomic E-state index is 11.8. The van der Waals surface area contributed by atoms with E-state index in [0.29, 0.717) is 12.3 Å². The predicted octanol–water partition coefficient (Wildman–Crippen LogP) is 3.83. The van der Waals surface area contributed by atoms with Crippen molar-refractivity contribution in [3.8, 4) is 11.1 Å². The summed E-state index contributed by atoms with van der Waals surface area (Å²) >= 11 is 0. The molecule has 4 nitrogen and oxygen atoms in total. The Labute approximate surface area is 156 Å². The van der Waals surface area contributed by atoms with Gasteiger partial charge in [0.15, 0.2) is 0 Å². The van der Waals surface area contributed by atoms with Crippen LogP contribution >= 0.6 is 0 Å². The summed E-state index contributed by atoms with van der Waals surface area (Å²) in [5, 5.41) is 0. The number of aromatic nitrogens is 1. The monoisotopic (exact) mass is 351 g/mol. The van der Waals surface area contributed by atoms with Gasteiger partial charge in [-0.2, -0.15) is 0 Å². The lowest BCUT2D eigenvalue weighted by Gasteiger charge is -2.33. The number of benzene rings is 1. The minimum absolute atomic E-state index is 0.244. The molecule has 138 valence electrons. The number of carbonyl (C=O) groups is 1. The van der Waals surface area contributed by atoms with Crippen molar-refractivity contribution in [1.82, 2.24) is 14.8 Å². The molecule has 1 fully saturated rings. The summed E-state index contributed by atoms with van der Waals surface area (Å²) in [6.07, 6.45) is 7.86. The first kappa shape index (κ1) is 18.6. The summed E-state index contributed by atoms with van der Waals surface area (Å²) in [5.74, 6) is 0.885. The molecule has 26 heavy (non-hydrogen) atoms. The highest BCUT2D eigenvalue weighted by atomic mass is 16.2. The summed E-state index contributed by atoms with van der Waals surface area (Å²) in [6, 6.07) is 12.9. The molecule has 3 rings (SSSR count). The van der Waals surface area contributed by atoms with E-state index in [2.05, 4.69) is 40.2 Å². The molecule has 1 aliphatic heterocycles. The first-order valence-electron chi connectivity index (χ1n) is 9.53. The van der Waals surface area contributed by atoms with Gasteiger partial charge in [0, 0.05) is 46.0 Å². The summed E-state index contributed by atoms with van der Waals surface area (Å²) in [5.41, 5.74) is 3.71. The van der Waals surface area contributed by atoms with Crippen LogP contribution in [0.2, 0.25) is 0 Å². The highest BCUT2D eigenvalue weighted by Crippen LogP contribution is 2.24. The van der Waals surface area contributed by atoms with Gasteiger partial charge in [0.2, 0.25) is 5.91 Å². The van der Waals surface area contributed by atoms with E-state index < -0.39 is 0 Å². The number of hydrogen-bond donors (Lipinski definition) is 0. The topological polar surface area (TPSA) is 36.4 Å². The van der Waals surface area contributed by atoms with Crippen molar-refractivity contribution < 1.29 is 4.79 Å². The molecule has 0 N–H and O–H groups in total. The fraction of sp³-hybridized carbons (Fsp3) is 0.455. The highest BCUT2D eigenvalue weighted by Gasteiger charge is 2.21.